The van der Waals surface area contributed by atoms with E-state index in [1.807, 2.05) is 0 Å². The van der Waals surface area contributed by atoms with Gasteiger partial charge >= 0.3 is 0 Å². The summed E-state index contributed by atoms with van der Waals surface area (Å²) in [4.78, 5) is 11.0. The zero-order chi connectivity index (χ0) is 12.4. The van der Waals surface area contributed by atoms with Crippen LogP contribution in [0.25, 0.3) is 0 Å². The minimum Gasteiger partial charge on any atom is -0.340 e. The van der Waals surface area contributed by atoms with Crippen molar-refractivity contribution in [3.63, 3.8) is 0 Å². The van der Waals surface area contributed by atoms with Gasteiger partial charge in [-0.1, -0.05) is 24.3 Å². The Labute approximate surface area is 115 Å². The van der Waals surface area contributed by atoms with Gasteiger partial charge < -0.3 is 4.90 Å². The number of nitrogens with zero attached hydrogens (tertiary/aromatic N) is 3. The highest BCUT2D eigenvalue weighted by molar-refractivity contribution is 9.10. The highest BCUT2D eigenvalue weighted by Gasteiger charge is 2.15. The molecule has 0 unspecified atom stereocenters. The normalized spacial score (nSPS) is 15.1. The van der Waals surface area contributed by atoms with Crippen LogP contribution < -0.4 is 4.90 Å². The Morgan fingerprint density at radius 3 is 2.06 bits per heavy atom. The van der Waals surface area contributed by atoms with E-state index in [2.05, 4.69) is 55.1 Å². The van der Waals surface area contributed by atoms with Crippen molar-refractivity contribution in [3.05, 3.63) is 52.3 Å². The highest BCUT2D eigenvalue weighted by Crippen LogP contribution is 2.18. The number of anilines is 1. The molecule has 0 fully saturated rings. The van der Waals surface area contributed by atoms with E-state index in [1.165, 1.54) is 11.1 Å². The van der Waals surface area contributed by atoms with E-state index in [0.717, 1.165) is 36.4 Å². The molecule has 92 valence electrons. The maximum atomic E-state index is 4.37. The lowest BCUT2D eigenvalue weighted by molar-refractivity contribution is 0.771. The van der Waals surface area contributed by atoms with Gasteiger partial charge in [0.05, 0.1) is 4.47 Å². The molecule has 4 heteroatoms. The smallest absolute Gasteiger partial charge is 0.225 e. The summed E-state index contributed by atoms with van der Waals surface area (Å²) in [6.45, 7) is 1.97. The molecule has 3 rings (SSSR count). The second-order valence-corrected chi connectivity index (χ2v) is 5.37. The Morgan fingerprint density at radius 2 is 1.50 bits per heavy atom. The maximum absolute atomic E-state index is 4.37. The molecule has 2 heterocycles. The van der Waals surface area contributed by atoms with E-state index in [1.54, 1.807) is 12.4 Å². The molecule has 1 aliphatic rings. The minimum atomic E-state index is 0.825. The predicted octanol–water partition coefficient (Wildman–Crippen LogP) is 2.84. The number of aromatic nitrogens is 2. The summed E-state index contributed by atoms with van der Waals surface area (Å²) >= 11 is 3.36. The van der Waals surface area contributed by atoms with Crippen LogP contribution in [0.2, 0.25) is 0 Å². The van der Waals surface area contributed by atoms with Crippen LogP contribution in [0.5, 0.6) is 0 Å². The van der Waals surface area contributed by atoms with Crippen LogP contribution in [0.1, 0.15) is 11.1 Å². The summed E-state index contributed by atoms with van der Waals surface area (Å²) < 4.78 is 0.921. The van der Waals surface area contributed by atoms with Gasteiger partial charge in [-0.25, -0.2) is 9.97 Å². The van der Waals surface area contributed by atoms with Crippen molar-refractivity contribution in [2.75, 3.05) is 18.0 Å². The van der Waals surface area contributed by atoms with Gasteiger partial charge in [0, 0.05) is 25.5 Å². The van der Waals surface area contributed by atoms with Crippen molar-refractivity contribution in [1.82, 2.24) is 9.97 Å². The molecule has 0 aliphatic carbocycles. The molecule has 2 aromatic rings. The molecule has 0 saturated heterocycles. The number of rotatable bonds is 1. The molecule has 1 aromatic heterocycles. The molecule has 18 heavy (non-hydrogen) atoms. The molecule has 0 atom stereocenters. The van der Waals surface area contributed by atoms with Crippen molar-refractivity contribution in [2.45, 2.75) is 12.8 Å². The minimum absolute atomic E-state index is 0.825. The lowest BCUT2D eigenvalue weighted by Gasteiger charge is -2.19. The molecule has 0 bridgehead atoms. The summed E-state index contributed by atoms with van der Waals surface area (Å²) in [5.74, 6) is 0.825. The van der Waals surface area contributed by atoms with E-state index < -0.39 is 0 Å². The molecule has 1 aliphatic heterocycles. The molecule has 3 nitrogen and oxygen atoms in total. The zero-order valence-electron chi connectivity index (χ0n) is 10.0. The molecule has 1 aromatic carbocycles. The molecule has 0 spiro atoms. The fourth-order valence-electron chi connectivity index (χ4n) is 2.34. The van der Waals surface area contributed by atoms with Crippen LogP contribution in [-0.2, 0) is 12.8 Å². The number of halogens is 1. The first-order chi connectivity index (χ1) is 8.83. The van der Waals surface area contributed by atoms with Gasteiger partial charge in [-0.2, -0.15) is 0 Å². The summed E-state index contributed by atoms with van der Waals surface area (Å²) in [6, 6.07) is 8.68. The van der Waals surface area contributed by atoms with Gasteiger partial charge in [0.2, 0.25) is 5.95 Å². The fourth-order valence-corrected chi connectivity index (χ4v) is 2.54. The van der Waals surface area contributed by atoms with Crippen LogP contribution in [0.15, 0.2) is 41.1 Å². The second-order valence-electron chi connectivity index (χ2n) is 4.46. The Kier molecular flexibility index (Phi) is 3.28. The van der Waals surface area contributed by atoms with Crippen molar-refractivity contribution < 1.29 is 0 Å². The molecule has 0 saturated carbocycles. The molecule has 0 N–H and O–H groups in total. The largest absolute Gasteiger partial charge is 0.340 e. The Bertz CT molecular complexity index is 512. The highest BCUT2D eigenvalue weighted by atomic mass is 79.9. The average Bonchev–Trinajstić information content (AvgIpc) is 2.62. The van der Waals surface area contributed by atoms with Crippen LogP contribution in [0.3, 0.4) is 0 Å². The van der Waals surface area contributed by atoms with Gasteiger partial charge in [0.25, 0.3) is 0 Å². The van der Waals surface area contributed by atoms with Crippen LogP contribution in [-0.4, -0.2) is 23.1 Å². The van der Waals surface area contributed by atoms with Crippen molar-refractivity contribution in [2.24, 2.45) is 0 Å². The standard InChI is InChI=1S/C14H14BrN3/c15-13-9-16-14(17-10-13)18-7-5-11-3-1-2-4-12(11)6-8-18/h1-4,9-10H,5-8H2. The van der Waals surface area contributed by atoms with E-state index in [9.17, 15) is 0 Å². The summed E-state index contributed by atoms with van der Waals surface area (Å²) in [5, 5.41) is 0. The Balaban J connectivity index is 1.80. The SMILES string of the molecule is Brc1cnc(N2CCc3ccccc3CC2)nc1. The first-order valence-corrected chi connectivity index (χ1v) is 6.91. The maximum Gasteiger partial charge on any atom is 0.225 e. The summed E-state index contributed by atoms with van der Waals surface area (Å²) in [5.41, 5.74) is 2.91. The number of hydrogen-bond acceptors (Lipinski definition) is 3. The quantitative estimate of drug-likeness (QED) is 0.811. The third kappa shape index (κ3) is 2.38. The van der Waals surface area contributed by atoms with Gasteiger partial charge in [-0.15, -0.1) is 0 Å². The first kappa shape index (κ1) is 11.7. The monoisotopic (exact) mass is 303 g/mol. The Hall–Kier alpha value is -1.42. The molecular weight excluding hydrogens is 290 g/mol. The number of benzene rings is 1. The van der Waals surface area contributed by atoms with Gasteiger partial charge in [-0.3, -0.25) is 0 Å². The van der Waals surface area contributed by atoms with E-state index >= 15 is 0 Å². The lowest BCUT2D eigenvalue weighted by atomic mass is 10.0. The third-order valence-corrected chi connectivity index (χ3v) is 3.72. The van der Waals surface area contributed by atoms with Crippen molar-refractivity contribution in [3.8, 4) is 0 Å². The summed E-state index contributed by atoms with van der Waals surface area (Å²) in [7, 11) is 0. The van der Waals surface area contributed by atoms with Crippen LogP contribution in [0, 0.1) is 0 Å². The van der Waals surface area contributed by atoms with E-state index in [4.69, 9.17) is 0 Å². The van der Waals surface area contributed by atoms with Crippen LogP contribution >= 0.6 is 15.9 Å². The molecular formula is C14H14BrN3. The second kappa shape index (κ2) is 5.06. The van der Waals surface area contributed by atoms with Gasteiger partial charge in [0.1, 0.15) is 0 Å². The lowest BCUT2D eigenvalue weighted by Crippen LogP contribution is -2.27. The number of hydrogen-bond donors (Lipinski definition) is 0. The number of fused-ring (bicyclic) bond motifs is 1. The average molecular weight is 304 g/mol. The van der Waals surface area contributed by atoms with Crippen molar-refractivity contribution in [1.29, 1.82) is 0 Å². The topological polar surface area (TPSA) is 29.0 Å². The van der Waals surface area contributed by atoms with Crippen molar-refractivity contribution >= 4 is 21.9 Å². The molecule has 0 radical (unpaired) electrons. The first-order valence-electron chi connectivity index (χ1n) is 6.12. The zero-order valence-corrected chi connectivity index (χ0v) is 11.6. The third-order valence-electron chi connectivity index (χ3n) is 3.31. The fraction of sp³-hybridized carbons (Fsp3) is 0.286. The van der Waals surface area contributed by atoms with E-state index in [-0.39, 0.29) is 0 Å². The predicted molar refractivity (Wildman–Crippen MR) is 75.8 cm³/mol. The summed E-state index contributed by atoms with van der Waals surface area (Å²) in [6.07, 6.45) is 5.74. The van der Waals surface area contributed by atoms with E-state index in [0.29, 0.717) is 0 Å². The van der Waals surface area contributed by atoms with Gasteiger partial charge in [0.15, 0.2) is 0 Å². The van der Waals surface area contributed by atoms with Crippen LogP contribution in [0.4, 0.5) is 5.95 Å². The Morgan fingerprint density at radius 1 is 0.944 bits per heavy atom. The molecule has 0 amide bonds. The van der Waals surface area contributed by atoms with Gasteiger partial charge in [-0.05, 0) is 39.9 Å².